The highest BCUT2D eigenvalue weighted by molar-refractivity contribution is 5.74. The van der Waals surface area contributed by atoms with E-state index in [1.807, 2.05) is 6.08 Å². The minimum atomic E-state index is -0.936. The Kier molecular flexibility index (Phi) is 5.86. The van der Waals surface area contributed by atoms with Gasteiger partial charge in [-0.3, -0.25) is 14.5 Å². The Morgan fingerprint density at radius 3 is 3.00 bits per heavy atom. The van der Waals surface area contributed by atoms with E-state index in [1.54, 1.807) is 0 Å². The van der Waals surface area contributed by atoms with Crippen LogP contribution in [-0.4, -0.2) is 47.9 Å². The normalized spacial score (nSPS) is 18.5. The SMILES string of the molecule is N[C@@H](CCCCN1CCC=C(C=O)C1)C(=O)O. The minimum Gasteiger partial charge on any atom is -0.480 e. The van der Waals surface area contributed by atoms with Gasteiger partial charge >= 0.3 is 5.97 Å². The molecule has 17 heavy (non-hydrogen) atoms. The summed E-state index contributed by atoms with van der Waals surface area (Å²) >= 11 is 0. The van der Waals surface area contributed by atoms with Gasteiger partial charge in [0.05, 0.1) is 0 Å². The van der Waals surface area contributed by atoms with Crippen LogP contribution in [0.1, 0.15) is 25.7 Å². The molecule has 96 valence electrons. The minimum absolute atomic E-state index is 0.513. The molecule has 1 rings (SSSR count). The first-order valence-corrected chi connectivity index (χ1v) is 5.98. The zero-order valence-electron chi connectivity index (χ0n) is 9.97. The van der Waals surface area contributed by atoms with E-state index in [1.165, 1.54) is 0 Å². The van der Waals surface area contributed by atoms with Crippen LogP contribution in [0.2, 0.25) is 0 Å². The average molecular weight is 240 g/mol. The van der Waals surface area contributed by atoms with E-state index in [0.29, 0.717) is 13.0 Å². The van der Waals surface area contributed by atoms with Gasteiger partial charge in [-0.2, -0.15) is 0 Å². The molecule has 0 spiro atoms. The monoisotopic (exact) mass is 240 g/mol. The van der Waals surface area contributed by atoms with Crippen molar-refractivity contribution in [2.24, 2.45) is 5.73 Å². The van der Waals surface area contributed by atoms with Gasteiger partial charge in [-0.15, -0.1) is 0 Å². The molecule has 0 aromatic heterocycles. The van der Waals surface area contributed by atoms with E-state index in [0.717, 1.165) is 44.2 Å². The third kappa shape index (κ3) is 5.10. The highest BCUT2D eigenvalue weighted by Gasteiger charge is 2.13. The van der Waals surface area contributed by atoms with Crippen molar-refractivity contribution in [3.63, 3.8) is 0 Å². The first-order chi connectivity index (χ1) is 8.13. The van der Waals surface area contributed by atoms with Crippen molar-refractivity contribution in [1.29, 1.82) is 0 Å². The number of hydrogen-bond acceptors (Lipinski definition) is 4. The molecule has 0 aromatic rings. The lowest BCUT2D eigenvalue weighted by atomic mass is 10.1. The Bertz CT molecular complexity index is 302. The summed E-state index contributed by atoms with van der Waals surface area (Å²) in [5.74, 6) is -0.936. The van der Waals surface area contributed by atoms with Crippen LogP contribution >= 0.6 is 0 Å². The topological polar surface area (TPSA) is 83.6 Å². The summed E-state index contributed by atoms with van der Waals surface area (Å²) in [5.41, 5.74) is 6.26. The number of aldehydes is 1. The first-order valence-electron chi connectivity index (χ1n) is 5.98. The van der Waals surface area contributed by atoms with Gasteiger partial charge in [0.2, 0.25) is 0 Å². The Labute approximate surface area is 101 Å². The van der Waals surface area contributed by atoms with Crippen molar-refractivity contribution in [3.05, 3.63) is 11.6 Å². The Balaban J connectivity index is 2.13. The zero-order chi connectivity index (χ0) is 12.7. The molecule has 0 saturated carbocycles. The second-order valence-electron chi connectivity index (χ2n) is 4.40. The largest absolute Gasteiger partial charge is 0.480 e. The predicted octanol–water partition coefficient (Wildman–Crippen LogP) is 0.400. The number of hydrogen-bond donors (Lipinski definition) is 2. The van der Waals surface area contributed by atoms with Gasteiger partial charge in [-0.05, 0) is 25.8 Å². The smallest absolute Gasteiger partial charge is 0.320 e. The van der Waals surface area contributed by atoms with E-state index in [4.69, 9.17) is 10.8 Å². The summed E-state index contributed by atoms with van der Waals surface area (Å²) in [7, 11) is 0. The van der Waals surface area contributed by atoms with Crippen LogP contribution in [0.5, 0.6) is 0 Å². The fourth-order valence-corrected chi connectivity index (χ4v) is 1.93. The molecule has 0 saturated heterocycles. The van der Waals surface area contributed by atoms with Crippen LogP contribution < -0.4 is 5.73 Å². The Morgan fingerprint density at radius 2 is 2.35 bits per heavy atom. The number of rotatable bonds is 7. The summed E-state index contributed by atoms with van der Waals surface area (Å²) in [4.78, 5) is 23.3. The molecule has 0 radical (unpaired) electrons. The van der Waals surface area contributed by atoms with Crippen LogP contribution in [0, 0.1) is 0 Å². The quantitative estimate of drug-likeness (QED) is 0.497. The van der Waals surface area contributed by atoms with E-state index >= 15 is 0 Å². The van der Waals surface area contributed by atoms with Gasteiger partial charge in [0.25, 0.3) is 0 Å². The molecule has 1 heterocycles. The molecule has 5 heteroatoms. The maximum Gasteiger partial charge on any atom is 0.320 e. The molecular weight excluding hydrogens is 220 g/mol. The Hall–Kier alpha value is -1.20. The first kappa shape index (κ1) is 13.9. The summed E-state index contributed by atoms with van der Waals surface area (Å²) in [6.45, 7) is 2.59. The molecule has 0 unspecified atom stereocenters. The van der Waals surface area contributed by atoms with Gasteiger partial charge in [-0.1, -0.05) is 12.5 Å². The van der Waals surface area contributed by atoms with Crippen molar-refractivity contribution in [3.8, 4) is 0 Å². The number of carboxylic acid groups (broad SMARTS) is 1. The van der Waals surface area contributed by atoms with Crippen LogP contribution in [-0.2, 0) is 9.59 Å². The van der Waals surface area contributed by atoms with Crippen molar-refractivity contribution < 1.29 is 14.7 Å². The number of carbonyl (C=O) groups is 2. The summed E-state index contributed by atoms with van der Waals surface area (Å²) in [5, 5.41) is 8.61. The molecule has 1 atom stereocenters. The van der Waals surface area contributed by atoms with Crippen LogP contribution in [0.15, 0.2) is 11.6 Å². The number of aliphatic carboxylic acids is 1. The van der Waals surface area contributed by atoms with E-state index < -0.39 is 12.0 Å². The molecule has 0 bridgehead atoms. The Morgan fingerprint density at radius 1 is 1.59 bits per heavy atom. The molecular formula is C12H20N2O3. The lowest BCUT2D eigenvalue weighted by Crippen LogP contribution is -2.32. The standard InChI is InChI=1S/C12H20N2O3/c13-11(12(16)17)5-1-2-6-14-7-3-4-10(8-14)9-15/h4,9,11H,1-3,5-8,13H2,(H,16,17)/t11-/m0/s1. The maximum absolute atomic E-state index is 10.6. The third-order valence-corrected chi connectivity index (χ3v) is 2.97. The summed E-state index contributed by atoms with van der Waals surface area (Å²) < 4.78 is 0. The van der Waals surface area contributed by atoms with Crippen molar-refractivity contribution in [2.45, 2.75) is 31.7 Å². The molecule has 0 aliphatic carbocycles. The number of unbranched alkanes of at least 4 members (excludes halogenated alkanes) is 1. The second kappa shape index (κ2) is 7.19. The zero-order valence-corrected chi connectivity index (χ0v) is 9.97. The number of nitrogens with two attached hydrogens (primary N) is 1. The van der Waals surface area contributed by atoms with Gasteiger partial charge in [0, 0.05) is 18.7 Å². The van der Waals surface area contributed by atoms with E-state index in [-0.39, 0.29) is 0 Å². The highest BCUT2D eigenvalue weighted by Crippen LogP contribution is 2.09. The van der Waals surface area contributed by atoms with Gasteiger partial charge in [0.15, 0.2) is 0 Å². The van der Waals surface area contributed by atoms with Crippen molar-refractivity contribution in [2.75, 3.05) is 19.6 Å². The molecule has 5 nitrogen and oxygen atoms in total. The van der Waals surface area contributed by atoms with Crippen LogP contribution in [0.25, 0.3) is 0 Å². The molecule has 3 N–H and O–H groups in total. The van der Waals surface area contributed by atoms with E-state index in [2.05, 4.69) is 4.90 Å². The highest BCUT2D eigenvalue weighted by atomic mass is 16.4. The average Bonchev–Trinajstić information content (AvgIpc) is 2.34. The number of carboxylic acids is 1. The molecule has 0 fully saturated rings. The molecule has 1 aliphatic rings. The summed E-state index contributed by atoms with van der Waals surface area (Å²) in [6, 6.07) is -0.748. The predicted molar refractivity (Wildman–Crippen MR) is 64.7 cm³/mol. The van der Waals surface area contributed by atoms with Crippen molar-refractivity contribution >= 4 is 12.3 Å². The van der Waals surface area contributed by atoms with Gasteiger partial charge < -0.3 is 10.8 Å². The summed E-state index contributed by atoms with van der Waals surface area (Å²) in [6.07, 6.45) is 6.05. The fourth-order valence-electron chi connectivity index (χ4n) is 1.93. The van der Waals surface area contributed by atoms with Crippen LogP contribution in [0.4, 0.5) is 0 Å². The van der Waals surface area contributed by atoms with E-state index in [9.17, 15) is 9.59 Å². The van der Waals surface area contributed by atoms with Crippen LogP contribution in [0.3, 0.4) is 0 Å². The van der Waals surface area contributed by atoms with Crippen molar-refractivity contribution in [1.82, 2.24) is 4.90 Å². The molecule has 0 amide bonds. The second-order valence-corrected chi connectivity index (χ2v) is 4.40. The fraction of sp³-hybridized carbons (Fsp3) is 0.667. The van der Waals surface area contributed by atoms with Gasteiger partial charge in [0.1, 0.15) is 12.3 Å². The van der Waals surface area contributed by atoms with Gasteiger partial charge in [-0.25, -0.2) is 0 Å². The number of carbonyl (C=O) groups excluding carboxylic acids is 1. The molecule has 0 aromatic carbocycles. The lowest BCUT2D eigenvalue weighted by Gasteiger charge is -2.25. The molecule has 1 aliphatic heterocycles. The third-order valence-electron chi connectivity index (χ3n) is 2.97. The number of nitrogens with zero attached hydrogens (tertiary/aromatic N) is 1. The lowest BCUT2D eigenvalue weighted by molar-refractivity contribution is -0.138. The maximum atomic E-state index is 10.6.